The Morgan fingerprint density at radius 1 is 1.48 bits per heavy atom. The molecule has 0 amide bonds. The summed E-state index contributed by atoms with van der Waals surface area (Å²) in [5.41, 5.74) is 0.572. The quantitative estimate of drug-likeness (QED) is 0.833. The zero-order valence-corrected chi connectivity index (χ0v) is 13.0. The van der Waals surface area contributed by atoms with E-state index in [0.29, 0.717) is 31.7 Å². The minimum absolute atomic E-state index is 0.0294. The van der Waals surface area contributed by atoms with Gasteiger partial charge in [-0.25, -0.2) is 0 Å². The van der Waals surface area contributed by atoms with Crippen molar-refractivity contribution < 1.29 is 28.2 Å². The molecule has 2 rings (SSSR count). The maximum Gasteiger partial charge on any atom is 0.387 e. The molecule has 0 radical (unpaired) electrons. The second-order valence-electron chi connectivity index (χ2n) is 5.47. The standard InChI is InChI=1S/C16H21F2NO4/c1-2-22-13-7-3-5-11(14(13)23-16(17)18)9-19-8-4-6-12(10-19)15(20)21/h3,5,7,12,16H,2,4,6,8-10H2,1H3,(H,20,21). The fourth-order valence-corrected chi connectivity index (χ4v) is 2.82. The Labute approximate surface area is 133 Å². The summed E-state index contributed by atoms with van der Waals surface area (Å²) in [4.78, 5) is 13.1. The minimum atomic E-state index is -2.94. The molecule has 1 N–H and O–H groups in total. The molecule has 1 aromatic carbocycles. The highest BCUT2D eigenvalue weighted by Crippen LogP contribution is 2.34. The van der Waals surface area contributed by atoms with E-state index < -0.39 is 18.5 Å². The van der Waals surface area contributed by atoms with Gasteiger partial charge in [-0.3, -0.25) is 9.69 Å². The van der Waals surface area contributed by atoms with Crippen molar-refractivity contribution >= 4 is 5.97 Å². The third kappa shape index (κ3) is 4.79. The molecule has 1 atom stereocenters. The topological polar surface area (TPSA) is 59.0 Å². The van der Waals surface area contributed by atoms with Crippen LogP contribution in [0.5, 0.6) is 11.5 Å². The number of hydrogen-bond acceptors (Lipinski definition) is 4. The number of carbonyl (C=O) groups is 1. The van der Waals surface area contributed by atoms with Crippen LogP contribution in [-0.2, 0) is 11.3 Å². The lowest BCUT2D eigenvalue weighted by Gasteiger charge is -2.31. The number of rotatable bonds is 7. The molecule has 0 spiro atoms. The van der Waals surface area contributed by atoms with Crippen LogP contribution in [0, 0.1) is 5.92 Å². The number of carboxylic acids is 1. The summed E-state index contributed by atoms with van der Waals surface area (Å²) < 4.78 is 35.4. The van der Waals surface area contributed by atoms with E-state index in [4.69, 9.17) is 9.84 Å². The van der Waals surface area contributed by atoms with Crippen molar-refractivity contribution in [1.82, 2.24) is 4.90 Å². The van der Waals surface area contributed by atoms with Gasteiger partial charge in [0.1, 0.15) is 0 Å². The summed E-state index contributed by atoms with van der Waals surface area (Å²) in [7, 11) is 0. The highest BCUT2D eigenvalue weighted by atomic mass is 19.3. The van der Waals surface area contributed by atoms with Gasteiger partial charge in [0.25, 0.3) is 0 Å². The van der Waals surface area contributed by atoms with Crippen LogP contribution < -0.4 is 9.47 Å². The zero-order valence-electron chi connectivity index (χ0n) is 13.0. The molecule has 5 nitrogen and oxygen atoms in total. The van der Waals surface area contributed by atoms with Gasteiger partial charge < -0.3 is 14.6 Å². The number of likely N-dealkylation sites (tertiary alicyclic amines) is 1. The van der Waals surface area contributed by atoms with E-state index in [0.717, 1.165) is 13.0 Å². The lowest BCUT2D eigenvalue weighted by Crippen LogP contribution is -2.38. The maximum absolute atomic E-state index is 12.7. The summed E-state index contributed by atoms with van der Waals surface area (Å²) in [6, 6.07) is 5.00. The van der Waals surface area contributed by atoms with Crippen LogP contribution in [0.2, 0.25) is 0 Å². The summed E-state index contributed by atoms with van der Waals surface area (Å²) in [6.45, 7) is 0.657. The number of alkyl halides is 2. The monoisotopic (exact) mass is 329 g/mol. The summed E-state index contributed by atoms with van der Waals surface area (Å²) in [6.07, 6.45) is 1.42. The third-order valence-corrected chi connectivity index (χ3v) is 3.82. The number of aliphatic carboxylic acids is 1. The predicted octanol–water partition coefficient (Wildman–Crippen LogP) is 2.98. The Hall–Kier alpha value is -1.89. The van der Waals surface area contributed by atoms with Crippen LogP contribution >= 0.6 is 0 Å². The first-order valence-corrected chi connectivity index (χ1v) is 7.66. The molecule has 1 aliphatic heterocycles. The number of ether oxygens (including phenoxy) is 2. The third-order valence-electron chi connectivity index (χ3n) is 3.82. The lowest BCUT2D eigenvalue weighted by atomic mass is 9.98. The summed E-state index contributed by atoms with van der Waals surface area (Å²) in [5.74, 6) is -0.931. The SMILES string of the molecule is CCOc1cccc(CN2CCCC(C(=O)O)C2)c1OC(F)F. The number of carboxylic acid groups (broad SMARTS) is 1. The minimum Gasteiger partial charge on any atom is -0.490 e. The predicted molar refractivity (Wildman–Crippen MR) is 79.9 cm³/mol. The molecule has 128 valence electrons. The van der Waals surface area contributed by atoms with E-state index in [1.165, 1.54) is 0 Å². The molecule has 1 fully saturated rings. The molecule has 0 saturated carbocycles. The van der Waals surface area contributed by atoms with Crippen molar-refractivity contribution in [3.63, 3.8) is 0 Å². The first-order chi connectivity index (χ1) is 11.0. The molecule has 7 heteroatoms. The number of nitrogens with zero attached hydrogens (tertiary/aromatic N) is 1. The van der Waals surface area contributed by atoms with Crippen LogP contribution in [-0.4, -0.2) is 42.3 Å². The van der Waals surface area contributed by atoms with Crippen molar-refractivity contribution in [3.8, 4) is 11.5 Å². The van der Waals surface area contributed by atoms with Crippen LogP contribution in [0.15, 0.2) is 18.2 Å². The molecule has 0 aromatic heterocycles. The zero-order chi connectivity index (χ0) is 16.8. The van der Waals surface area contributed by atoms with E-state index in [1.807, 2.05) is 4.90 Å². The molecule has 0 bridgehead atoms. The second kappa shape index (κ2) is 8.10. The van der Waals surface area contributed by atoms with Gasteiger partial charge in [0.05, 0.1) is 12.5 Å². The van der Waals surface area contributed by atoms with Gasteiger partial charge in [-0.1, -0.05) is 12.1 Å². The van der Waals surface area contributed by atoms with Gasteiger partial charge in [-0.05, 0) is 32.4 Å². The lowest BCUT2D eigenvalue weighted by molar-refractivity contribution is -0.143. The van der Waals surface area contributed by atoms with Gasteiger partial charge in [-0.2, -0.15) is 8.78 Å². The van der Waals surface area contributed by atoms with Gasteiger partial charge in [0.15, 0.2) is 11.5 Å². The molecule has 1 heterocycles. The fourth-order valence-electron chi connectivity index (χ4n) is 2.82. The van der Waals surface area contributed by atoms with Crippen molar-refractivity contribution in [2.24, 2.45) is 5.92 Å². The smallest absolute Gasteiger partial charge is 0.387 e. The molecule has 0 aliphatic carbocycles. The largest absolute Gasteiger partial charge is 0.490 e. The molecular formula is C16H21F2NO4. The van der Waals surface area contributed by atoms with E-state index >= 15 is 0 Å². The van der Waals surface area contributed by atoms with Gasteiger partial charge >= 0.3 is 12.6 Å². The van der Waals surface area contributed by atoms with E-state index in [-0.39, 0.29) is 11.5 Å². The Bertz CT molecular complexity index is 539. The molecular weight excluding hydrogens is 308 g/mol. The normalized spacial score (nSPS) is 18.9. The highest BCUT2D eigenvalue weighted by molar-refractivity contribution is 5.70. The Morgan fingerprint density at radius 2 is 2.26 bits per heavy atom. The molecule has 1 aliphatic rings. The Kier molecular flexibility index (Phi) is 6.15. The van der Waals surface area contributed by atoms with E-state index in [1.54, 1.807) is 25.1 Å². The summed E-state index contributed by atoms with van der Waals surface area (Å²) >= 11 is 0. The summed E-state index contributed by atoms with van der Waals surface area (Å²) in [5, 5.41) is 9.14. The highest BCUT2D eigenvalue weighted by Gasteiger charge is 2.26. The molecule has 1 saturated heterocycles. The number of piperidine rings is 1. The number of halogens is 2. The Morgan fingerprint density at radius 3 is 2.91 bits per heavy atom. The van der Waals surface area contributed by atoms with Gasteiger partial charge in [0, 0.05) is 18.7 Å². The van der Waals surface area contributed by atoms with Crippen molar-refractivity contribution in [2.45, 2.75) is 32.9 Å². The van der Waals surface area contributed by atoms with E-state index in [2.05, 4.69) is 4.74 Å². The van der Waals surface area contributed by atoms with Gasteiger partial charge in [0.2, 0.25) is 0 Å². The van der Waals surface area contributed by atoms with Crippen LogP contribution in [0.3, 0.4) is 0 Å². The van der Waals surface area contributed by atoms with Crippen LogP contribution in [0.25, 0.3) is 0 Å². The number of benzene rings is 1. The Balaban J connectivity index is 2.17. The first kappa shape index (κ1) is 17.5. The average molecular weight is 329 g/mol. The number of para-hydroxylation sites is 1. The maximum atomic E-state index is 12.7. The molecule has 23 heavy (non-hydrogen) atoms. The van der Waals surface area contributed by atoms with Gasteiger partial charge in [-0.15, -0.1) is 0 Å². The second-order valence-corrected chi connectivity index (χ2v) is 5.47. The van der Waals surface area contributed by atoms with Crippen LogP contribution in [0.4, 0.5) is 8.78 Å². The van der Waals surface area contributed by atoms with Crippen molar-refractivity contribution in [2.75, 3.05) is 19.7 Å². The van der Waals surface area contributed by atoms with Crippen LogP contribution in [0.1, 0.15) is 25.3 Å². The van der Waals surface area contributed by atoms with Crippen molar-refractivity contribution in [1.29, 1.82) is 0 Å². The fraction of sp³-hybridized carbons (Fsp3) is 0.562. The molecule has 1 unspecified atom stereocenters. The molecule has 1 aromatic rings. The first-order valence-electron chi connectivity index (χ1n) is 7.66. The number of hydrogen-bond donors (Lipinski definition) is 1. The van der Waals surface area contributed by atoms with Crippen molar-refractivity contribution in [3.05, 3.63) is 23.8 Å². The van der Waals surface area contributed by atoms with E-state index in [9.17, 15) is 13.6 Å². The average Bonchev–Trinajstić information content (AvgIpc) is 2.50.